The van der Waals surface area contributed by atoms with E-state index in [9.17, 15) is 4.79 Å². The molecule has 0 aliphatic rings. The predicted octanol–water partition coefficient (Wildman–Crippen LogP) is 3.40. The SMILES string of the molecule is CCC(C)NC(=O)C(C)NC(C)c1ccc(Br)cc1. The Morgan fingerprint density at radius 1 is 1.21 bits per heavy atom. The van der Waals surface area contributed by atoms with E-state index >= 15 is 0 Å². The molecule has 1 aromatic carbocycles. The van der Waals surface area contributed by atoms with E-state index in [4.69, 9.17) is 0 Å². The molecule has 0 saturated carbocycles. The van der Waals surface area contributed by atoms with Gasteiger partial charge in [0.1, 0.15) is 0 Å². The molecule has 0 aliphatic heterocycles. The maximum absolute atomic E-state index is 12.0. The van der Waals surface area contributed by atoms with Gasteiger partial charge < -0.3 is 5.32 Å². The molecule has 0 aromatic heterocycles. The maximum atomic E-state index is 12.0. The summed E-state index contributed by atoms with van der Waals surface area (Å²) in [6.07, 6.45) is 0.945. The van der Waals surface area contributed by atoms with Crippen molar-refractivity contribution >= 4 is 21.8 Å². The number of amides is 1. The van der Waals surface area contributed by atoms with Crippen molar-refractivity contribution in [1.82, 2.24) is 10.6 Å². The first-order valence-corrected chi connectivity index (χ1v) is 7.55. The zero-order valence-electron chi connectivity index (χ0n) is 12.0. The lowest BCUT2D eigenvalue weighted by Gasteiger charge is -2.21. The fraction of sp³-hybridized carbons (Fsp3) is 0.533. The summed E-state index contributed by atoms with van der Waals surface area (Å²) in [6, 6.07) is 8.30. The van der Waals surface area contributed by atoms with Gasteiger partial charge in [0.15, 0.2) is 0 Å². The van der Waals surface area contributed by atoms with Crippen molar-refractivity contribution in [3.63, 3.8) is 0 Å². The second-order valence-corrected chi connectivity index (χ2v) is 5.90. The van der Waals surface area contributed by atoms with Crippen molar-refractivity contribution in [2.45, 2.75) is 52.2 Å². The average Bonchev–Trinajstić information content (AvgIpc) is 2.38. The predicted molar refractivity (Wildman–Crippen MR) is 83.1 cm³/mol. The summed E-state index contributed by atoms with van der Waals surface area (Å²) in [5.41, 5.74) is 1.17. The van der Waals surface area contributed by atoms with Crippen molar-refractivity contribution < 1.29 is 4.79 Å². The molecule has 4 heteroatoms. The lowest BCUT2D eigenvalue weighted by molar-refractivity contribution is -0.123. The molecule has 0 bridgehead atoms. The van der Waals surface area contributed by atoms with Gasteiger partial charge in [0.05, 0.1) is 6.04 Å². The Hall–Kier alpha value is -0.870. The van der Waals surface area contributed by atoms with Crippen molar-refractivity contribution in [3.05, 3.63) is 34.3 Å². The Kier molecular flexibility index (Phi) is 6.52. The molecule has 0 saturated heterocycles. The van der Waals surface area contributed by atoms with E-state index in [0.717, 1.165) is 10.9 Å². The Morgan fingerprint density at radius 2 is 1.79 bits per heavy atom. The summed E-state index contributed by atoms with van der Waals surface area (Å²) in [5, 5.41) is 6.30. The molecule has 1 aromatic rings. The van der Waals surface area contributed by atoms with Crippen LogP contribution in [0.3, 0.4) is 0 Å². The van der Waals surface area contributed by atoms with Crippen LogP contribution in [0.4, 0.5) is 0 Å². The number of nitrogens with one attached hydrogen (secondary N) is 2. The first-order valence-electron chi connectivity index (χ1n) is 6.76. The van der Waals surface area contributed by atoms with Crippen LogP contribution in [0.15, 0.2) is 28.7 Å². The van der Waals surface area contributed by atoms with Gasteiger partial charge in [-0.2, -0.15) is 0 Å². The van der Waals surface area contributed by atoms with Gasteiger partial charge in [0, 0.05) is 16.6 Å². The van der Waals surface area contributed by atoms with Crippen molar-refractivity contribution in [2.75, 3.05) is 0 Å². The molecule has 0 fully saturated rings. The summed E-state index contributed by atoms with van der Waals surface area (Å²) in [6.45, 7) is 8.04. The molecular formula is C15H23BrN2O. The molecule has 0 radical (unpaired) electrons. The number of rotatable bonds is 6. The number of halogens is 1. The highest BCUT2D eigenvalue weighted by atomic mass is 79.9. The molecule has 106 valence electrons. The first kappa shape index (κ1) is 16.2. The van der Waals surface area contributed by atoms with Crippen molar-refractivity contribution in [2.24, 2.45) is 0 Å². The highest BCUT2D eigenvalue weighted by molar-refractivity contribution is 9.10. The zero-order chi connectivity index (χ0) is 14.4. The maximum Gasteiger partial charge on any atom is 0.237 e. The molecule has 0 heterocycles. The quantitative estimate of drug-likeness (QED) is 0.841. The number of carbonyl (C=O) groups excluding carboxylic acids is 1. The molecule has 0 spiro atoms. The summed E-state index contributed by atoms with van der Waals surface area (Å²) < 4.78 is 1.06. The van der Waals surface area contributed by atoms with E-state index in [-0.39, 0.29) is 24.0 Å². The Labute approximate surface area is 124 Å². The van der Waals surface area contributed by atoms with Crippen LogP contribution in [0.25, 0.3) is 0 Å². The van der Waals surface area contributed by atoms with Crippen LogP contribution >= 0.6 is 15.9 Å². The van der Waals surface area contributed by atoms with Gasteiger partial charge in [-0.15, -0.1) is 0 Å². The van der Waals surface area contributed by atoms with E-state index in [1.54, 1.807) is 0 Å². The fourth-order valence-corrected chi connectivity index (χ4v) is 2.03. The van der Waals surface area contributed by atoms with E-state index in [0.29, 0.717) is 0 Å². The minimum absolute atomic E-state index is 0.0540. The fourth-order valence-electron chi connectivity index (χ4n) is 1.77. The van der Waals surface area contributed by atoms with Gasteiger partial charge in [-0.1, -0.05) is 35.0 Å². The molecular weight excluding hydrogens is 304 g/mol. The molecule has 3 nitrogen and oxygen atoms in total. The lowest BCUT2D eigenvalue weighted by atomic mass is 10.1. The van der Waals surface area contributed by atoms with Gasteiger partial charge in [0.2, 0.25) is 5.91 Å². The normalized spacial score (nSPS) is 15.6. The molecule has 0 aliphatic carbocycles. The summed E-state index contributed by atoms with van der Waals surface area (Å²) in [7, 11) is 0. The van der Waals surface area contributed by atoms with Gasteiger partial charge in [-0.3, -0.25) is 10.1 Å². The van der Waals surface area contributed by atoms with Crippen LogP contribution < -0.4 is 10.6 Å². The van der Waals surface area contributed by atoms with Crippen LogP contribution in [-0.2, 0) is 4.79 Å². The Morgan fingerprint density at radius 3 is 2.32 bits per heavy atom. The topological polar surface area (TPSA) is 41.1 Å². The standard InChI is InChI=1S/C15H23BrN2O/c1-5-10(2)17-15(19)12(4)18-11(3)13-6-8-14(16)9-7-13/h6-12,18H,5H2,1-4H3,(H,17,19). The van der Waals surface area contributed by atoms with Crippen molar-refractivity contribution in [3.8, 4) is 0 Å². The molecule has 3 atom stereocenters. The number of benzene rings is 1. The smallest absolute Gasteiger partial charge is 0.237 e. The third kappa shape index (κ3) is 5.33. The van der Waals surface area contributed by atoms with Gasteiger partial charge in [0.25, 0.3) is 0 Å². The van der Waals surface area contributed by atoms with Crippen LogP contribution in [0, 0.1) is 0 Å². The number of hydrogen-bond donors (Lipinski definition) is 2. The lowest BCUT2D eigenvalue weighted by Crippen LogP contribution is -2.45. The highest BCUT2D eigenvalue weighted by Crippen LogP contribution is 2.16. The second-order valence-electron chi connectivity index (χ2n) is 4.98. The molecule has 1 amide bonds. The van der Waals surface area contributed by atoms with Gasteiger partial charge in [-0.25, -0.2) is 0 Å². The first-order chi connectivity index (χ1) is 8.93. The summed E-state index contributed by atoms with van der Waals surface area (Å²) in [5.74, 6) is 0.0540. The third-order valence-electron chi connectivity index (χ3n) is 3.26. The zero-order valence-corrected chi connectivity index (χ0v) is 13.6. The summed E-state index contributed by atoms with van der Waals surface area (Å²) >= 11 is 3.42. The molecule has 1 rings (SSSR count). The minimum atomic E-state index is -0.201. The highest BCUT2D eigenvalue weighted by Gasteiger charge is 2.17. The average molecular weight is 327 g/mol. The largest absolute Gasteiger partial charge is 0.352 e. The molecule has 3 unspecified atom stereocenters. The monoisotopic (exact) mass is 326 g/mol. The number of hydrogen-bond acceptors (Lipinski definition) is 2. The van der Waals surface area contributed by atoms with Crippen LogP contribution in [0.2, 0.25) is 0 Å². The van der Waals surface area contributed by atoms with Crippen LogP contribution in [-0.4, -0.2) is 18.0 Å². The van der Waals surface area contributed by atoms with Gasteiger partial charge in [-0.05, 0) is 44.9 Å². The number of carbonyl (C=O) groups is 1. The molecule has 19 heavy (non-hydrogen) atoms. The van der Waals surface area contributed by atoms with Crippen LogP contribution in [0.1, 0.15) is 45.7 Å². The Balaban J connectivity index is 2.53. The van der Waals surface area contributed by atoms with E-state index in [2.05, 4.69) is 52.5 Å². The molecule has 2 N–H and O–H groups in total. The van der Waals surface area contributed by atoms with Crippen molar-refractivity contribution in [1.29, 1.82) is 0 Å². The van der Waals surface area contributed by atoms with Crippen LogP contribution in [0.5, 0.6) is 0 Å². The second kappa shape index (κ2) is 7.65. The van der Waals surface area contributed by atoms with E-state index in [1.807, 2.05) is 26.0 Å². The summed E-state index contributed by atoms with van der Waals surface area (Å²) in [4.78, 5) is 12.0. The minimum Gasteiger partial charge on any atom is -0.352 e. The van der Waals surface area contributed by atoms with E-state index < -0.39 is 0 Å². The Bertz CT molecular complexity index is 405. The third-order valence-corrected chi connectivity index (χ3v) is 3.79. The van der Waals surface area contributed by atoms with E-state index in [1.165, 1.54) is 5.56 Å². The van der Waals surface area contributed by atoms with Gasteiger partial charge >= 0.3 is 0 Å².